The van der Waals surface area contributed by atoms with Gasteiger partial charge in [0, 0.05) is 38.0 Å². The van der Waals surface area contributed by atoms with Crippen molar-refractivity contribution in [3.05, 3.63) is 71.8 Å². The molecule has 2 saturated carbocycles. The summed E-state index contributed by atoms with van der Waals surface area (Å²) in [7, 11) is 0. The van der Waals surface area contributed by atoms with Crippen LogP contribution >= 0.6 is 0 Å². The number of aliphatic hydroxyl groups excluding tert-OH is 1. The highest BCUT2D eigenvalue weighted by Crippen LogP contribution is 2.40. The molecule has 4 aliphatic rings. The molecule has 2 heterocycles. The normalized spacial score (nSPS) is 29.6. The van der Waals surface area contributed by atoms with Gasteiger partial charge in [-0.1, -0.05) is 68.1 Å². The van der Waals surface area contributed by atoms with Crippen LogP contribution in [-0.2, 0) is 27.5 Å². The van der Waals surface area contributed by atoms with Gasteiger partial charge >= 0.3 is 12.2 Å². The maximum atomic E-state index is 13.4. The molecule has 222 valence electrons. The highest BCUT2D eigenvalue weighted by Gasteiger charge is 2.50. The van der Waals surface area contributed by atoms with Gasteiger partial charge in [0.15, 0.2) is 12.0 Å². The Morgan fingerprint density at radius 2 is 1.29 bits per heavy atom. The average molecular weight is 573 g/mol. The van der Waals surface area contributed by atoms with Gasteiger partial charge in [0.2, 0.25) is 0 Å². The summed E-state index contributed by atoms with van der Waals surface area (Å²) in [6.07, 6.45) is -3.65. The van der Waals surface area contributed by atoms with E-state index >= 15 is 0 Å². The predicted octanol–water partition coefficient (Wildman–Crippen LogP) is 4.79. The molecule has 0 aromatic heterocycles. The predicted molar refractivity (Wildman–Crippen MR) is 147 cm³/mol. The molecule has 2 aromatic rings. The van der Waals surface area contributed by atoms with Crippen molar-refractivity contribution in [3.8, 4) is 0 Å². The van der Waals surface area contributed by atoms with Crippen LogP contribution in [0.1, 0.15) is 31.4 Å². The van der Waals surface area contributed by atoms with Crippen LogP contribution in [0.5, 0.6) is 0 Å². The number of hydrogen-bond donors (Lipinski definition) is 1. The summed E-state index contributed by atoms with van der Waals surface area (Å²) >= 11 is 0. The van der Waals surface area contributed by atoms with E-state index in [0.29, 0.717) is 26.1 Å². The van der Waals surface area contributed by atoms with Crippen molar-refractivity contribution in [2.75, 3.05) is 26.2 Å². The third-order valence-corrected chi connectivity index (χ3v) is 8.38. The lowest BCUT2D eigenvalue weighted by Crippen LogP contribution is -2.33. The number of aliphatic hydroxyl groups is 1. The van der Waals surface area contributed by atoms with Crippen molar-refractivity contribution in [2.24, 2.45) is 23.7 Å². The molecule has 1 N–H and O–H groups in total. The number of halogens is 2. The first-order valence-corrected chi connectivity index (χ1v) is 13.7. The van der Waals surface area contributed by atoms with E-state index in [1.54, 1.807) is 4.90 Å². The number of nitrogens with zero attached hydrogens (tertiary/aromatic N) is 2. The van der Waals surface area contributed by atoms with Gasteiger partial charge in [-0.25, -0.2) is 18.4 Å². The summed E-state index contributed by atoms with van der Waals surface area (Å²) in [5.41, 5.74) is 1.85. The van der Waals surface area contributed by atoms with Crippen LogP contribution in [-0.4, -0.2) is 77.5 Å². The van der Waals surface area contributed by atoms with Crippen LogP contribution < -0.4 is 0 Å². The van der Waals surface area contributed by atoms with Crippen molar-refractivity contribution >= 4 is 18.0 Å². The largest absolute Gasteiger partial charge is 0.445 e. The molecule has 4 fully saturated rings. The van der Waals surface area contributed by atoms with Gasteiger partial charge in [-0.15, -0.1) is 0 Å². The van der Waals surface area contributed by atoms with E-state index in [9.17, 15) is 28.3 Å². The second kappa shape index (κ2) is 13.4. The number of fused-ring (bicyclic) bond motifs is 2. The second-order valence-corrected chi connectivity index (χ2v) is 11.0. The zero-order chi connectivity index (χ0) is 28.2. The van der Waals surface area contributed by atoms with Gasteiger partial charge < -0.3 is 24.4 Å². The summed E-state index contributed by atoms with van der Waals surface area (Å²) in [6, 6.07) is 18.9. The Morgan fingerprint density at radius 3 is 1.80 bits per heavy atom. The SMILES string of the molecule is C.O=C(OCc1ccccc1)N1C[C@@H]2C[C@H](F)[C@H](O)[C@@H]2C1.O=C1[C@@H](F)C[C@H]2CN(C(=O)OCc3ccccc3)C[C@@H]12. The Kier molecular flexibility index (Phi) is 9.96. The first-order valence-electron chi connectivity index (χ1n) is 13.7. The van der Waals surface area contributed by atoms with Crippen LogP contribution in [0.3, 0.4) is 0 Å². The lowest BCUT2D eigenvalue weighted by atomic mass is 10.00. The Bertz CT molecular complexity index is 1190. The van der Waals surface area contributed by atoms with Crippen molar-refractivity contribution < 1.29 is 37.7 Å². The van der Waals surface area contributed by atoms with Crippen molar-refractivity contribution in [1.29, 1.82) is 0 Å². The number of amides is 2. The zero-order valence-electron chi connectivity index (χ0n) is 22.1. The highest BCUT2D eigenvalue weighted by atomic mass is 19.1. The van der Waals surface area contributed by atoms with Crippen LogP contribution in [0.25, 0.3) is 0 Å². The summed E-state index contributed by atoms with van der Waals surface area (Å²) in [5.74, 6) is -0.817. The average Bonchev–Trinajstić information content (AvgIpc) is 3.71. The zero-order valence-corrected chi connectivity index (χ0v) is 22.1. The molecular formula is C31H38F2N2O6. The van der Waals surface area contributed by atoms with E-state index in [0.717, 1.165) is 11.1 Å². The number of likely N-dealkylation sites (tertiary alicyclic amines) is 2. The van der Waals surface area contributed by atoms with Gasteiger partial charge in [-0.2, -0.15) is 0 Å². The van der Waals surface area contributed by atoms with E-state index in [1.807, 2.05) is 60.7 Å². The smallest absolute Gasteiger partial charge is 0.410 e. The summed E-state index contributed by atoms with van der Waals surface area (Å²) in [4.78, 5) is 38.6. The monoisotopic (exact) mass is 572 g/mol. The fraction of sp³-hybridized carbons (Fsp3) is 0.516. The number of Topliss-reactive ketones (excluding diaryl/α,β-unsaturated/α-hetero) is 1. The number of ether oxygens (including phenoxy) is 2. The molecule has 2 aliphatic carbocycles. The summed E-state index contributed by atoms with van der Waals surface area (Å²) in [6.45, 7) is 2.03. The molecule has 2 saturated heterocycles. The minimum atomic E-state index is -1.34. The van der Waals surface area contributed by atoms with Gasteiger partial charge in [0.05, 0.1) is 6.10 Å². The Morgan fingerprint density at radius 1 is 0.780 bits per heavy atom. The second-order valence-electron chi connectivity index (χ2n) is 11.0. The summed E-state index contributed by atoms with van der Waals surface area (Å²) < 4.78 is 37.1. The van der Waals surface area contributed by atoms with Gasteiger partial charge in [0.25, 0.3) is 0 Å². The molecular weight excluding hydrogens is 534 g/mol. The molecule has 0 unspecified atom stereocenters. The van der Waals surface area contributed by atoms with Crippen LogP contribution in [0.4, 0.5) is 18.4 Å². The van der Waals surface area contributed by atoms with Crippen molar-refractivity contribution in [1.82, 2.24) is 9.80 Å². The Hall–Kier alpha value is -3.53. The molecule has 2 aromatic carbocycles. The van der Waals surface area contributed by atoms with Crippen LogP contribution in [0, 0.1) is 23.7 Å². The molecule has 0 bridgehead atoms. The fourth-order valence-electron chi connectivity index (χ4n) is 6.20. The topological polar surface area (TPSA) is 96.4 Å². The lowest BCUT2D eigenvalue weighted by molar-refractivity contribution is -0.124. The number of alkyl halides is 2. The molecule has 2 aliphatic heterocycles. The van der Waals surface area contributed by atoms with Gasteiger partial charge in [-0.3, -0.25) is 4.79 Å². The molecule has 0 radical (unpaired) electrons. The third-order valence-electron chi connectivity index (χ3n) is 8.38. The molecule has 41 heavy (non-hydrogen) atoms. The maximum absolute atomic E-state index is 13.4. The maximum Gasteiger partial charge on any atom is 0.410 e. The van der Waals surface area contributed by atoms with Crippen LogP contribution in [0.15, 0.2) is 60.7 Å². The molecule has 8 nitrogen and oxygen atoms in total. The molecule has 7 atom stereocenters. The number of ketones is 1. The Balaban J connectivity index is 0.000000184. The van der Waals surface area contributed by atoms with Gasteiger partial charge in [-0.05, 0) is 35.8 Å². The van der Waals surface area contributed by atoms with E-state index in [2.05, 4.69) is 0 Å². The van der Waals surface area contributed by atoms with Crippen molar-refractivity contribution in [3.63, 3.8) is 0 Å². The molecule has 10 heteroatoms. The molecule has 6 rings (SSSR count). The van der Waals surface area contributed by atoms with E-state index in [1.165, 1.54) is 4.90 Å². The standard InChI is InChI=1S/C15H18FNO3.C15H16FNO3.CH4/c2*16-13-6-11-7-17(8-12(11)14(13)18)15(19)20-9-10-4-2-1-3-5-10;/h1-5,11-14,18H,6-9H2;1-5,11-13H,6-9H2;1H4/t11-,12+,13-,14+;11-,12+,13-;/m00./s1. The highest BCUT2D eigenvalue weighted by molar-refractivity contribution is 5.89. The number of benzene rings is 2. The van der Waals surface area contributed by atoms with Crippen molar-refractivity contribution in [2.45, 2.75) is 51.9 Å². The molecule has 0 spiro atoms. The number of hydrogen-bond acceptors (Lipinski definition) is 6. The number of rotatable bonds is 4. The number of carbonyl (C=O) groups excluding carboxylic acids is 3. The van der Waals surface area contributed by atoms with Gasteiger partial charge in [0.1, 0.15) is 19.4 Å². The fourth-order valence-corrected chi connectivity index (χ4v) is 6.20. The first kappa shape index (κ1) is 30.4. The summed E-state index contributed by atoms with van der Waals surface area (Å²) in [5, 5.41) is 9.72. The Labute approximate surface area is 239 Å². The van der Waals surface area contributed by atoms with E-state index in [-0.39, 0.29) is 69.2 Å². The molecule has 2 amide bonds. The third kappa shape index (κ3) is 7.04. The van der Waals surface area contributed by atoms with E-state index < -0.39 is 24.5 Å². The minimum Gasteiger partial charge on any atom is -0.445 e. The number of carbonyl (C=O) groups is 3. The lowest BCUT2D eigenvalue weighted by Gasteiger charge is -2.19. The van der Waals surface area contributed by atoms with Crippen LogP contribution in [0.2, 0.25) is 0 Å². The quantitative estimate of drug-likeness (QED) is 0.566. The minimum absolute atomic E-state index is 0. The van der Waals surface area contributed by atoms with E-state index in [4.69, 9.17) is 9.47 Å². The first-order chi connectivity index (χ1) is 19.3.